The maximum atomic E-state index is 12.1. The van der Waals surface area contributed by atoms with Crippen LogP contribution in [0.5, 0.6) is 0 Å². The largest absolute Gasteiger partial charge is 0.353 e. The molecule has 2 aliphatic heterocycles. The van der Waals surface area contributed by atoms with Gasteiger partial charge < -0.3 is 21.3 Å². The van der Waals surface area contributed by atoms with E-state index in [2.05, 4.69) is 76.7 Å². The molecule has 0 aliphatic carbocycles. The van der Waals surface area contributed by atoms with Crippen LogP contribution < -0.4 is 21.3 Å². The van der Waals surface area contributed by atoms with Gasteiger partial charge in [-0.25, -0.2) is 0 Å². The van der Waals surface area contributed by atoms with E-state index < -0.39 is 0 Å². The molecule has 6 nitrogen and oxygen atoms in total. The van der Waals surface area contributed by atoms with E-state index in [0.717, 1.165) is 38.5 Å². The summed E-state index contributed by atoms with van der Waals surface area (Å²) < 4.78 is 0. The van der Waals surface area contributed by atoms with E-state index >= 15 is 0 Å². The summed E-state index contributed by atoms with van der Waals surface area (Å²) >= 11 is 0. The first-order valence-corrected chi connectivity index (χ1v) is 12.4. The maximum absolute atomic E-state index is 12.1. The molecule has 2 saturated heterocycles. The fraction of sp³-hybridized carbons (Fsp3) is 0.846. The van der Waals surface area contributed by atoms with Crippen molar-refractivity contribution in [3.05, 3.63) is 12.2 Å². The summed E-state index contributed by atoms with van der Waals surface area (Å²) in [5, 5.41) is 13.3. The molecule has 2 amide bonds. The van der Waals surface area contributed by atoms with Gasteiger partial charge in [-0.05, 0) is 106 Å². The summed E-state index contributed by atoms with van der Waals surface area (Å²) in [5.41, 5.74) is 0.476. The third kappa shape index (κ3) is 9.62. The van der Waals surface area contributed by atoms with Crippen LogP contribution in [0.25, 0.3) is 0 Å². The van der Waals surface area contributed by atoms with Gasteiger partial charge in [-0.2, -0.15) is 0 Å². The molecule has 0 aromatic heterocycles. The molecule has 0 radical (unpaired) electrons. The van der Waals surface area contributed by atoms with E-state index in [0.29, 0.717) is 24.9 Å². The Morgan fingerprint density at radius 3 is 1.22 bits per heavy atom. The molecule has 0 aromatic carbocycles. The van der Waals surface area contributed by atoms with Gasteiger partial charge in [0, 0.05) is 47.4 Å². The van der Waals surface area contributed by atoms with Crippen molar-refractivity contribution < 1.29 is 9.59 Å². The Morgan fingerprint density at radius 2 is 0.938 bits per heavy atom. The molecule has 2 fully saturated rings. The van der Waals surface area contributed by atoms with Crippen molar-refractivity contribution in [1.82, 2.24) is 21.3 Å². The standard InChI is InChI=1S/C26H48N4O2/c1-23(2)15-19(16-24(3,4)29-23)11-13-27-21(31)9-10-22(32)28-14-12-20-17-25(5,6)30-26(7,8)18-20/h9-10,19-20,29-30H,11-18H2,1-8H3,(H,27,31)(H,28,32)/b10-9-. The lowest BCUT2D eigenvalue weighted by molar-refractivity contribution is -0.118. The second-order valence-corrected chi connectivity index (χ2v) is 12.8. The fourth-order valence-corrected chi connectivity index (χ4v) is 6.54. The molecule has 0 bridgehead atoms. The van der Waals surface area contributed by atoms with Gasteiger partial charge in [0.15, 0.2) is 0 Å². The predicted molar refractivity (Wildman–Crippen MR) is 132 cm³/mol. The third-order valence-corrected chi connectivity index (χ3v) is 6.64. The first kappa shape index (κ1) is 26.8. The monoisotopic (exact) mass is 448 g/mol. The lowest BCUT2D eigenvalue weighted by Crippen LogP contribution is -2.58. The number of nitrogens with one attached hydrogen (secondary N) is 4. The quantitative estimate of drug-likeness (QED) is 0.427. The molecular formula is C26H48N4O2. The molecular weight excluding hydrogens is 400 g/mol. The predicted octanol–water partition coefficient (Wildman–Crippen LogP) is 3.67. The minimum Gasteiger partial charge on any atom is -0.353 e. The summed E-state index contributed by atoms with van der Waals surface area (Å²) in [6.07, 6.45) is 9.05. The number of hydrogen-bond acceptors (Lipinski definition) is 4. The molecule has 184 valence electrons. The minimum absolute atomic E-state index is 0.119. The minimum atomic E-state index is -0.200. The Balaban J connectivity index is 1.65. The Kier molecular flexibility index (Phi) is 8.60. The number of carbonyl (C=O) groups is 2. The lowest BCUT2D eigenvalue weighted by Gasteiger charge is -2.46. The average molecular weight is 449 g/mol. The van der Waals surface area contributed by atoms with Crippen LogP contribution in [0, 0.1) is 11.8 Å². The van der Waals surface area contributed by atoms with E-state index in [9.17, 15) is 9.59 Å². The molecule has 6 heteroatoms. The van der Waals surface area contributed by atoms with E-state index in [1.807, 2.05) is 0 Å². The van der Waals surface area contributed by atoms with Crippen LogP contribution in [0.15, 0.2) is 12.2 Å². The van der Waals surface area contributed by atoms with Gasteiger partial charge in [0.25, 0.3) is 0 Å². The highest BCUT2D eigenvalue weighted by molar-refractivity contribution is 5.96. The van der Waals surface area contributed by atoms with Gasteiger partial charge in [0.2, 0.25) is 11.8 Å². The fourth-order valence-electron chi connectivity index (χ4n) is 6.54. The normalized spacial score (nSPS) is 24.9. The van der Waals surface area contributed by atoms with Gasteiger partial charge in [0.1, 0.15) is 0 Å². The first-order valence-electron chi connectivity index (χ1n) is 12.4. The topological polar surface area (TPSA) is 82.3 Å². The zero-order valence-corrected chi connectivity index (χ0v) is 21.8. The highest BCUT2D eigenvalue weighted by Crippen LogP contribution is 2.35. The van der Waals surface area contributed by atoms with Gasteiger partial charge in [-0.3, -0.25) is 9.59 Å². The number of hydrogen-bond donors (Lipinski definition) is 4. The summed E-state index contributed by atoms with van der Waals surface area (Å²) in [5.74, 6) is 0.765. The van der Waals surface area contributed by atoms with Crippen LogP contribution in [-0.2, 0) is 9.59 Å². The van der Waals surface area contributed by atoms with Crippen LogP contribution in [-0.4, -0.2) is 47.1 Å². The Hall–Kier alpha value is -1.40. The second-order valence-electron chi connectivity index (χ2n) is 12.8. The van der Waals surface area contributed by atoms with Gasteiger partial charge in [-0.15, -0.1) is 0 Å². The van der Waals surface area contributed by atoms with Crippen LogP contribution >= 0.6 is 0 Å². The van der Waals surface area contributed by atoms with Crippen LogP contribution in [0.4, 0.5) is 0 Å². The van der Waals surface area contributed by atoms with Gasteiger partial charge >= 0.3 is 0 Å². The van der Waals surface area contributed by atoms with E-state index in [1.54, 1.807) is 0 Å². The summed E-state index contributed by atoms with van der Waals surface area (Å²) in [6, 6.07) is 0. The number of piperidine rings is 2. The molecule has 0 unspecified atom stereocenters. The second kappa shape index (κ2) is 10.3. The smallest absolute Gasteiger partial charge is 0.244 e. The summed E-state index contributed by atoms with van der Waals surface area (Å²) in [7, 11) is 0. The molecule has 32 heavy (non-hydrogen) atoms. The van der Waals surface area contributed by atoms with Crippen molar-refractivity contribution in [3.63, 3.8) is 0 Å². The van der Waals surface area contributed by atoms with E-state index in [4.69, 9.17) is 0 Å². The van der Waals surface area contributed by atoms with Crippen LogP contribution in [0.3, 0.4) is 0 Å². The SMILES string of the molecule is CC1(C)CC(CCNC(=O)/C=C\C(=O)NCCC2CC(C)(C)NC(C)(C)C2)CC(C)(C)N1. The van der Waals surface area contributed by atoms with Crippen molar-refractivity contribution >= 4 is 11.8 Å². The molecule has 0 spiro atoms. The van der Waals surface area contributed by atoms with Crippen molar-refractivity contribution in [2.45, 2.75) is 116 Å². The number of rotatable bonds is 8. The summed E-state index contributed by atoms with van der Waals surface area (Å²) in [6.45, 7) is 19.2. The maximum Gasteiger partial charge on any atom is 0.244 e. The summed E-state index contributed by atoms with van der Waals surface area (Å²) in [4.78, 5) is 24.2. The van der Waals surface area contributed by atoms with Crippen molar-refractivity contribution in [1.29, 1.82) is 0 Å². The van der Waals surface area contributed by atoms with Crippen LogP contribution in [0.1, 0.15) is 93.9 Å². The van der Waals surface area contributed by atoms with Crippen molar-refractivity contribution in [3.8, 4) is 0 Å². The van der Waals surface area contributed by atoms with Crippen molar-refractivity contribution in [2.24, 2.45) is 11.8 Å². The van der Waals surface area contributed by atoms with Gasteiger partial charge in [-0.1, -0.05) is 0 Å². The molecule has 0 aromatic rings. The first-order chi connectivity index (χ1) is 14.6. The lowest BCUT2D eigenvalue weighted by atomic mass is 9.74. The van der Waals surface area contributed by atoms with Crippen LogP contribution in [0.2, 0.25) is 0 Å². The number of carbonyl (C=O) groups excluding carboxylic acids is 2. The van der Waals surface area contributed by atoms with Gasteiger partial charge in [0.05, 0.1) is 0 Å². The van der Waals surface area contributed by atoms with E-state index in [-0.39, 0.29) is 34.0 Å². The molecule has 2 heterocycles. The highest BCUT2D eigenvalue weighted by Gasteiger charge is 2.38. The van der Waals surface area contributed by atoms with E-state index in [1.165, 1.54) is 12.2 Å². The Morgan fingerprint density at radius 1 is 0.656 bits per heavy atom. The molecule has 0 saturated carbocycles. The highest BCUT2D eigenvalue weighted by atomic mass is 16.2. The number of amides is 2. The Labute approximate surface area is 196 Å². The molecule has 0 atom stereocenters. The third-order valence-electron chi connectivity index (χ3n) is 6.64. The zero-order valence-electron chi connectivity index (χ0n) is 21.8. The van der Waals surface area contributed by atoms with Crippen molar-refractivity contribution in [2.75, 3.05) is 13.1 Å². The molecule has 4 N–H and O–H groups in total. The Bertz CT molecular complexity index is 604. The average Bonchev–Trinajstić information content (AvgIpc) is 2.54. The molecule has 2 aliphatic rings. The molecule has 2 rings (SSSR count). The zero-order chi connectivity index (χ0) is 24.2.